The summed E-state index contributed by atoms with van der Waals surface area (Å²) in [6.45, 7) is 2.08. The number of nitrogens with zero attached hydrogens (tertiary/aromatic N) is 1. The Kier molecular flexibility index (Phi) is 3.74. The average molecular weight is 297 g/mol. The van der Waals surface area contributed by atoms with Crippen LogP contribution in [-0.2, 0) is 0 Å². The molecule has 2 rings (SSSR count). The lowest BCUT2D eigenvalue weighted by atomic mass is 10.1. The van der Waals surface area contributed by atoms with Gasteiger partial charge < -0.3 is 5.32 Å². The molecule has 0 aromatic carbocycles. The lowest BCUT2D eigenvalue weighted by molar-refractivity contribution is 0.670. The molecule has 2 nitrogen and oxygen atoms in total. The fourth-order valence-corrected chi connectivity index (χ4v) is 3.23. The van der Waals surface area contributed by atoms with Gasteiger partial charge in [0.2, 0.25) is 0 Å². The van der Waals surface area contributed by atoms with Crippen molar-refractivity contribution in [3.8, 4) is 0 Å². The summed E-state index contributed by atoms with van der Waals surface area (Å²) in [4.78, 5) is 4.43. The van der Waals surface area contributed by atoms with E-state index in [1.165, 1.54) is 11.1 Å². The lowest BCUT2D eigenvalue weighted by Crippen LogP contribution is -2.18. The first-order valence-corrected chi connectivity index (χ1v) is 6.77. The van der Waals surface area contributed by atoms with Crippen molar-refractivity contribution in [2.24, 2.45) is 0 Å². The Labute approximate surface area is 108 Å². The molecule has 4 heteroatoms. The predicted molar refractivity (Wildman–Crippen MR) is 71.9 cm³/mol. The maximum absolute atomic E-state index is 4.43. The fourth-order valence-electron chi connectivity index (χ4n) is 1.68. The highest BCUT2D eigenvalue weighted by molar-refractivity contribution is 9.10. The maximum Gasteiger partial charge on any atom is 0.0768 e. The van der Waals surface area contributed by atoms with Crippen LogP contribution in [0.5, 0.6) is 0 Å². The molecule has 0 saturated heterocycles. The van der Waals surface area contributed by atoms with Crippen LogP contribution in [0.15, 0.2) is 33.6 Å². The zero-order valence-corrected chi connectivity index (χ0v) is 11.6. The van der Waals surface area contributed by atoms with Crippen molar-refractivity contribution in [2.75, 3.05) is 7.05 Å². The SMILES string of the molecule is CNC(c1cc(C)ccn1)c1cscc1Br. The third-order valence-electron chi connectivity index (χ3n) is 2.47. The van der Waals surface area contributed by atoms with Crippen molar-refractivity contribution in [1.29, 1.82) is 0 Å². The lowest BCUT2D eigenvalue weighted by Gasteiger charge is -2.15. The number of aromatic nitrogens is 1. The summed E-state index contributed by atoms with van der Waals surface area (Å²) in [7, 11) is 1.96. The highest BCUT2D eigenvalue weighted by Gasteiger charge is 2.16. The molecular weight excluding hydrogens is 284 g/mol. The zero-order valence-electron chi connectivity index (χ0n) is 9.20. The van der Waals surface area contributed by atoms with E-state index in [0.717, 1.165) is 10.2 Å². The van der Waals surface area contributed by atoms with Crippen molar-refractivity contribution in [2.45, 2.75) is 13.0 Å². The van der Waals surface area contributed by atoms with Gasteiger partial charge in [0.1, 0.15) is 0 Å². The summed E-state index contributed by atoms with van der Waals surface area (Å²) in [5.74, 6) is 0. The standard InChI is InChI=1S/C12H13BrN2S/c1-8-3-4-15-11(5-8)12(14-2)9-6-16-7-10(9)13/h3-7,12,14H,1-2H3. The van der Waals surface area contributed by atoms with Gasteiger partial charge in [-0.2, -0.15) is 11.3 Å². The minimum absolute atomic E-state index is 0.153. The number of thiophene rings is 1. The van der Waals surface area contributed by atoms with Crippen LogP contribution in [0.4, 0.5) is 0 Å². The monoisotopic (exact) mass is 296 g/mol. The van der Waals surface area contributed by atoms with Gasteiger partial charge >= 0.3 is 0 Å². The number of halogens is 1. The molecule has 0 amide bonds. The molecule has 1 atom stereocenters. The Morgan fingerprint density at radius 3 is 2.81 bits per heavy atom. The van der Waals surface area contributed by atoms with E-state index in [0.29, 0.717) is 0 Å². The van der Waals surface area contributed by atoms with E-state index < -0.39 is 0 Å². The molecule has 1 unspecified atom stereocenters. The van der Waals surface area contributed by atoms with Crippen molar-refractivity contribution in [3.63, 3.8) is 0 Å². The molecule has 0 radical (unpaired) electrons. The van der Waals surface area contributed by atoms with Crippen molar-refractivity contribution in [1.82, 2.24) is 10.3 Å². The molecule has 0 bridgehead atoms. The van der Waals surface area contributed by atoms with Gasteiger partial charge in [-0.25, -0.2) is 0 Å². The van der Waals surface area contributed by atoms with Crippen LogP contribution < -0.4 is 5.32 Å². The average Bonchev–Trinajstić information content (AvgIpc) is 2.67. The van der Waals surface area contributed by atoms with Crippen LogP contribution in [0.3, 0.4) is 0 Å². The molecule has 2 aromatic rings. The van der Waals surface area contributed by atoms with E-state index in [1.54, 1.807) is 11.3 Å². The third kappa shape index (κ3) is 2.34. The van der Waals surface area contributed by atoms with Crippen LogP contribution in [0.2, 0.25) is 0 Å². The topological polar surface area (TPSA) is 24.9 Å². The van der Waals surface area contributed by atoms with E-state index in [1.807, 2.05) is 19.3 Å². The molecule has 0 aliphatic heterocycles. The molecular formula is C12H13BrN2S. The summed E-state index contributed by atoms with van der Waals surface area (Å²) < 4.78 is 1.14. The minimum Gasteiger partial charge on any atom is -0.308 e. The molecule has 0 fully saturated rings. The molecule has 2 heterocycles. The quantitative estimate of drug-likeness (QED) is 0.937. The van der Waals surface area contributed by atoms with Gasteiger partial charge in [-0.15, -0.1) is 0 Å². The van der Waals surface area contributed by atoms with Crippen LogP contribution in [0, 0.1) is 6.92 Å². The third-order valence-corrected chi connectivity index (χ3v) is 4.23. The van der Waals surface area contributed by atoms with Gasteiger partial charge in [0.15, 0.2) is 0 Å². The zero-order chi connectivity index (χ0) is 11.5. The van der Waals surface area contributed by atoms with Crippen molar-refractivity contribution >= 4 is 27.3 Å². The largest absolute Gasteiger partial charge is 0.308 e. The first kappa shape index (κ1) is 11.8. The second kappa shape index (κ2) is 5.08. The van der Waals surface area contributed by atoms with Gasteiger partial charge in [-0.3, -0.25) is 4.98 Å². The van der Waals surface area contributed by atoms with E-state index in [9.17, 15) is 0 Å². The first-order chi connectivity index (χ1) is 7.72. The van der Waals surface area contributed by atoms with E-state index in [-0.39, 0.29) is 6.04 Å². The molecule has 0 aliphatic carbocycles. The number of pyridine rings is 1. The van der Waals surface area contributed by atoms with E-state index >= 15 is 0 Å². The molecule has 1 N–H and O–H groups in total. The highest BCUT2D eigenvalue weighted by atomic mass is 79.9. The Hall–Kier alpha value is -0.710. The van der Waals surface area contributed by atoms with Crippen LogP contribution in [-0.4, -0.2) is 12.0 Å². The summed E-state index contributed by atoms with van der Waals surface area (Å²) in [5, 5.41) is 7.54. The molecule has 16 heavy (non-hydrogen) atoms. The summed E-state index contributed by atoms with van der Waals surface area (Å²) in [6, 6.07) is 4.28. The van der Waals surface area contributed by atoms with Crippen molar-refractivity contribution < 1.29 is 0 Å². The minimum atomic E-state index is 0.153. The summed E-state index contributed by atoms with van der Waals surface area (Å²) in [5.41, 5.74) is 3.53. The Morgan fingerprint density at radius 1 is 1.44 bits per heavy atom. The Bertz CT molecular complexity index is 481. The molecule has 0 aliphatic rings. The number of hydrogen-bond donors (Lipinski definition) is 1. The molecule has 0 spiro atoms. The van der Waals surface area contributed by atoms with Gasteiger partial charge in [0.25, 0.3) is 0 Å². The maximum atomic E-state index is 4.43. The van der Waals surface area contributed by atoms with Gasteiger partial charge in [0.05, 0.1) is 11.7 Å². The van der Waals surface area contributed by atoms with E-state index in [4.69, 9.17) is 0 Å². The second-order valence-electron chi connectivity index (χ2n) is 3.65. The van der Waals surface area contributed by atoms with Crippen LogP contribution in [0.25, 0.3) is 0 Å². The molecule has 2 aromatic heterocycles. The number of rotatable bonds is 3. The first-order valence-electron chi connectivity index (χ1n) is 5.03. The number of aryl methyl sites for hydroxylation is 1. The fraction of sp³-hybridized carbons (Fsp3) is 0.250. The number of nitrogens with one attached hydrogen (secondary N) is 1. The van der Waals surface area contributed by atoms with Crippen LogP contribution in [0.1, 0.15) is 22.9 Å². The Morgan fingerprint density at radius 2 is 2.25 bits per heavy atom. The predicted octanol–water partition coefficient (Wildman–Crippen LogP) is 3.52. The second-order valence-corrected chi connectivity index (χ2v) is 5.25. The van der Waals surface area contributed by atoms with Crippen LogP contribution >= 0.6 is 27.3 Å². The molecule has 84 valence electrons. The summed E-state index contributed by atoms with van der Waals surface area (Å²) >= 11 is 5.26. The van der Waals surface area contributed by atoms with Crippen molar-refractivity contribution in [3.05, 3.63) is 50.4 Å². The van der Waals surface area contributed by atoms with Gasteiger partial charge in [-0.05, 0) is 58.5 Å². The Balaban J connectivity index is 2.40. The highest BCUT2D eigenvalue weighted by Crippen LogP contribution is 2.30. The summed E-state index contributed by atoms with van der Waals surface area (Å²) in [6.07, 6.45) is 1.86. The number of hydrogen-bond acceptors (Lipinski definition) is 3. The van der Waals surface area contributed by atoms with Gasteiger partial charge in [-0.1, -0.05) is 0 Å². The van der Waals surface area contributed by atoms with Gasteiger partial charge in [0, 0.05) is 16.0 Å². The normalized spacial score (nSPS) is 12.7. The molecule has 0 saturated carbocycles. The smallest absolute Gasteiger partial charge is 0.0768 e. The van der Waals surface area contributed by atoms with E-state index in [2.05, 4.69) is 50.0 Å².